The maximum Gasteiger partial charge on any atom is 0.416 e. The fourth-order valence-corrected chi connectivity index (χ4v) is 6.05. The monoisotopic (exact) mass is 622 g/mol. The molecule has 0 amide bonds. The number of benzene rings is 2. The van der Waals surface area contributed by atoms with Gasteiger partial charge in [0.2, 0.25) is 0 Å². The third-order valence-corrected chi connectivity index (χ3v) is 8.22. The second-order valence-electron chi connectivity index (χ2n) is 11.6. The summed E-state index contributed by atoms with van der Waals surface area (Å²) in [5.41, 5.74) is -0.0655. The first-order chi connectivity index (χ1) is 19.7. The van der Waals surface area contributed by atoms with Crippen molar-refractivity contribution in [2.45, 2.75) is 70.0 Å². The molecular formula is C31H32F10N2. The van der Waals surface area contributed by atoms with Crippen molar-refractivity contribution in [2.24, 2.45) is 0 Å². The average molecular weight is 623 g/mol. The summed E-state index contributed by atoms with van der Waals surface area (Å²) >= 11 is 0. The maximum absolute atomic E-state index is 14.5. The van der Waals surface area contributed by atoms with Gasteiger partial charge in [0, 0.05) is 37.3 Å². The Bertz CT molecular complexity index is 1350. The first-order valence-electron chi connectivity index (χ1n) is 13.8. The van der Waals surface area contributed by atoms with Crippen LogP contribution in [0.3, 0.4) is 0 Å². The van der Waals surface area contributed by atoms with Crippen molar-refractivity contribution < 1.29 is 43.9 Å². The van der Waals surface area contributed by atoms with Crippen LogP contribution < -0.4 is 0 Å². The molecule has 2 heterocycles. The Hall–Kier alpha value is -3.02. The molecule has 2 unspecified atom stereocenters. The number of hydrogen-bond acceptors (Lipinski definition) is 2. The number of hydrogen-bond donors (Lipinski definition) is 0. The van der Waals surface area contributed by atoms with Crippen LogP contribution in [0.15, 0.2) is 54.2 Å². The van der Waals surface area contributed by atoms with Gasteiger partial charge in [-0.25, -0.2) is 4.39 Å². The third kappa shape index (κ3) is 7.56. The summed E-state index contributed by atoms with van der Waals surface area (Å²) in [5.74, 6) is -1.32. The molecule has 2 aliphatic heterocycles. The topological polar surface area (TPSA) is 6.48 Å². The molecule has 2 aliphatic rings. The zero-order valence-electron chi connectivity index (χ0n) is 23.8. The van der Waals surface area contributed by atoms with Crippen LogP contribution in [-0.2, 0) is 12.4 Å². The Morgan fingerprint density at radius 1 is 0.907 bits per heavy atom. The first kappa shape index (κ1) is 32.9. The zero-order chi connectivity index (χ0) is 32.1. The first-order valence-corrected chi connectivity index (χ1v) is 13.8. The van der Waals surface area contributed by atoms with Gasteiger partial charge in [0.15, 0.2) is 0 Å². The lowest BCUT2D eigenvalue weighted by Crippen LogP contribution is -2.41. The largest absolute Gasteiger partial charge is 0.416 e. The third-order valence-electron chi connectivity index (χ3n) is 8.22. The number of rotatable bonds is 6. The molecule has 1 saturated heterocycles. The average Bonchev–Trinajstić information content (AvgIpc) is 3.15. The van der Waals surface area contributed by atoms with Crippen LogP contribution >= 0.6 is 0 Å². The van der Waals surface area contributed by atoms with Crippen molar-refractivity contribution >= 4 is 5.57 Å². The van der Waals surface area contributed by atoms with Gasteiger partial charge in [-0.1, -0.05) is 26.5 Å². The van der Waals surface area contributed by atoms with Gasteiger partial charge >= 0.3 is 18.5 Å². The lowest BCUT2D eigenvalue weighted by Gasteiger charge is -2.36. The molecule has 0 spiro atoms. The predicted molar refractivity (Wildman–Crippen MR) is 144 cm³/mol. The van der Waals surface area contributed by atoms with E-state index in [1.807, 2.05) is 13.8 Å². The van der Waals surface area contributed by atoms with E-state index in [9.17, 15) is 43.9 Å². The molecule has 0 saturated carbocycles. The molecule has 12 heteroatoms. The van der Waals surface area contributed by atoms with Crippen molar-refractivity contribution in [1.82, 2.24) is 9.80 Å². The minimum Gasteiger partial charge on any atom is -0.368 e. The highest BCUT2D eigenvalue weighted by Gasteiger charge is 2.41. The van der Waals surface area contributed by atoms with Crippen molar-refractivity contribution in [3.05, 3.63) is 87.9 Å². The van der Waals surface area contributed by atoms with Crippen LogP contribution in [0.5, 0.6) is 0 Å². The summed E-state index contributed by atoms with van der Waals surface area (Å²) in [4.78, 5) is 2.98. The molecule has 0 bridgehead atoms. The summed E-state index contributed by atoms with van der Waals surface area (Å²) in [7, 11) is 0. The fraction of sp³-hybridized carbons (Fsp3) is 0.484. The van der Waals surface area contributed by atoms with Crippen LogP contribution in [0.4, 0.5) is 43.9 Å². The second kappa shape index (κ2) is 11.8. The molecule has 236 valence electrons. The van der Waals surface area contributed by atoms with Gasteiger partial charge in [0.05, 0.1) is 17.7 Å². The number of allylic oxidation sites excluding steroid dienone is 1. The molecule has 4 rings (SSSR count). The minimum absolute atomic E-state index is 0.0633. The van der Waals surface area contributed by atoms with Crippen molar-refractivity contribution in [2.75, 3.05) is 26.2 Å². The second-order valence-corrected chi connectivity index (χ2v) is 11.6. The molecule has 2 aromatic carbocycles. The summed E-state index contributed by atoms with van der Waals surface area (Å²) in [6, 6.07) is 5.48. The Balaban J connectivity index is 1.72. The van der Waals surface area contributed by atoms with Crippen LogP contribution in [0.25, 0.3) is 5.57 Å². The number of alkyl halides is 9. The summed E-state index contributed by atoms with van der Waals surface area (Å²) in [6.45, 7) is 8.27. The minimum atomic E-state index is -5.00. The van der Waals surface area contributed by atoms with E-state index in [0.717, 1.165) is 17.7 Å². The smallest absolute Gasteiger partial charge is 0.368 e. The van der Waals surface area contributed by atoms with Gasteiger partial charge in [0.1, 0.15) is 5.82 Å². The van der Waals surface area contributed by atoms with E-state index in [4.69, 9.17) is 0 Å². The number of likely N-dealkylation sites (tertiary alicyclic amines) is 1. The highest BCUT2D eigenvalue weighted by molar-refractivity contribution is 5.71. The molecule has 1 fully saturated rings. The van der Waals surface area contributed by atoms with E-state index in [0.29, 0.717) is 22.4 Å². The van der Waals surface area contributed by atoms with Gasteiger partial charge in [-0.2, -0.15) is 39.5 Å². The van der Waals surface area contributed by atoms with Crippen LogP contribution in [0.2, 0.25) is 0 Å². The molecular weight excluding hydrogens is 590 g/mol. The molecule has 0 radical (unpaired) electrons. The van der Waals surface area contributed by atoms with E-state index in [-0.39, 0.29) is 50.0 Å². The van der Waals surface area contributed by atoms with Gasteiger partial charge in [-0.3, -0.25) is 4.90 Å². The molecule has 0 N–H and O–H groups in total. The van der Waals surface area contributed by atoms with E-state index >= 15 is 0 Å². The van der Waals surface area contributed by atoms with Gasteiger partial charge in [-0.15, -0.1) is 0 Å². The lowest BCUT2D eigenvalue weighted by atomic mass is 9.88. The highest BCUT2D eigenvalue weighted by Crippen LogP contribution is 2.44. The standard InChI is InChI=1S/C31H32F10N2/c1-17(2)26-12-20(5-6-28(26)32)25-7-8-42(16-29(33,34)35)14-22(25)15-43-18(3)9-27(19(43)4)21-10-23(30(36,37)38)13-24(11-21)31(39,40)41/h5-6,10-13,17,19,27H,3,7-9,14-16H2,1-2,4H3. The maximum atomic E-state index is 14.5. The lowest BCUT2D eigenvalue weighted by molar-refractivity contribution is -0.145. The highest BCUT2D eigenvalue weighted by atomic mass is 19.4. The van der Waals surface area contributed by atoms with Crippen LogP contribution in [0, 0.1) is 5.82 Å². The Kier molecular flexibility index (Phi) is 9.04. The molecule has 0 aromatic heterocycles. The Morgan fingerprint density at radius 3 is 2.05 bits per heavy atom. The van der Waals surface area contributed by atoms with Gasteiger partial charge < -0.3 is 4.90 Å². The van der Waals surface area contributed by atoms with Crippen molar-refractivity contribution in [1.29, 1.82) is 0 Å². The quantitative estimate of drug-likeness (QED) is 0.296. The normalized spacial score (nSPS) is 21.0. The van der Waals surface area contributed by atoms with Gasteiger partial charge in [-0.05, 0) is 83.9 Å². The van der Waals surface area contributed by atoms with E-state index in [1.54, 1.807) is 24.0 Å². The van der Waals surface area contributed by atoms with Crippen molar-refractivity contribution in [3.8, 4) is 0 Å². The Labute approximate surface area is 243 Å². The van der Waals surface area contributed by atoms with Gasteiger partial charge in [0.25, 0.3) is 0 Å². The zero-order valence-corrected chi connectivity index (χ0v) is 23.8. The number of nitrogens with zero attached hydrogens (tertiary/aromatic N) is 2. The fourth-order valence-electron chi connectivity index (χ4n) is 6.05. The van der Waals surface area contributed by atoms with E-state index in [2.05, 4.69) is 6.58 Å². The molecule has 2 atom stereocenters. The van der Waals surface area contributed by atoms with Crippen LogP contribution in [-0.4, -0.2) is 48.2 Å². The van der Waals surface area contributed by atoms with E-state index < -0.39 is 54.0 Å². The molecule has 0 aliphatic carbocycles. The van der Waals surface area contributed by atoms with Crippen LogP contribution in [0.1, 0.15) is 73.3 Å². The molecule has 2 aromatic rings. The molecule has 43 heavy (non-hydrogen) atoms. The van der Waals surface area contributed by atoms with Crippen molar-refractivity contribution in [3.63, 3.8) is 0 Å². The summed E-state index contributed by atoms with van der Waals surface area (Å²) in [5, 5.41) is 0. The number of halogens is 10. The van der Waals surface area contributed by atoms with E-state index in [1.165, 1.54) is 11.0 Å². The summed E-state index contributed by atoms with van der Waals surface area (Å²) < 4.78 is 136. The SMILES string of the molecule is C=C1CC(c2cc(C(F)(F)F)cc(C(F)(F)F)c2)C(C)N1CC1=C(c2ccc(F)c(C(C)C)c2)CCN(CC(F)(F)F)C1. The summed E-state index contributed by atoms with van der Waals surface area (Å²) in [6.07, 6.45) is -14.1. The molecule has 2 nitrogen and oxygen atoms in total. The Morgan fingerprint density at radius 2 is 1.51 bits per heavy atom. The predicted octanol–water partition coefficient (Wildman–Crippen LogP) is 9.40.